The fourth-order valence-electron chi connectivity index (χ4n) is 2.62. The van der Waals surface area contributed by atoms with Crippen LogP contribution in [0.15, 0.2) is 63.1 Å². The van der Waals surface area contributed by atoms with Crippen LogP contribution in [0, 0.1) is 17.0 Å². The standard InChI is InChI=1S/C19H13N3O4S/c1-11-2-4-13(5-3-11)20-19-21-16(10-27-19)15-9-12-8-14(22(24)25)6-7-17(12)26-18(15)23/h2-10H,1H3,(H,20,21). The lowest BCUT2D eigenvalue weighted by Crippen LogP contribution is -2.03. The molecule has 8 heteroatoms. The minimum Gasteiger partial charge on any atom is -0.422 e. The fourth-order valence-corrected chi connectivity index (χ4v) is 3.35. The molecule has 134 valence electrons. The van der Waals surface area contributed by atoms with E-state index in [1.54, 1.807) is 11.4 Å². The summed E-state index contributed by atoms with van der Waals surface area (Å²) in [7, 11) is 0. The number of anilines is 2. The quantitative estimate of drug-likeness (QED) is 0.308. The van der Waals surface area contributed by atoms with Crippen LogP contribution in [0.1, 0.15) is 5.56 Å². The number of hydrogen-bond acceptors (Lipinski definition) is 7. The Morgan fingerprint density at radius 1 is 1.15 bits per heavy atom. The lowest BCUT2D eigenvalue weighted by atomic mass is 10.1. The second-order valence-corrected chi connectivity index (χ2v) is 6.81. The maximum atomic E-state index is 12.3. The van der Waals surface area contributed by atoms with Gasteiger partial charge in [0, 0.05) is 28.6 Å². The topological polar surface area (TPSA) is 98.3 Å². The van der Waals surface area contributed by atoms with Crippen molar-refractivity contribution in [1.82, 2.24) is 4.98 Å². The summed E-state index contributed by atoms with van der Waals surface area (Å²) in [6.07, 6.45) is 0. The molecule has 7 nitrogen and oxygen atoms in total. The van der Waals surface area contributed by atoms with Gasteiger partial charge in [-0.15, -0.1) is 11.3 Å². The van der Waals surface area contributed by atoms with E-state index in [-0.39, 0.29) is 11.3 Å². The summed E-state index contributed by atoms with van der Waals surface area (Å²) in [4.78, 5) is 27.2. The molecule has 0 bridgehead atoms. The van der Waals surface area contributed by atoms with Crippen LogP contribution in [-0.4, -0.2) is 9.91 Å². The molecule has 2 aromatic carbocycles. The summed E-state index contributed by atoms with van der Waals surface area (Å²) >= 11 is 1.35. The van der Waals surface area contributed by atoms with Crippen molar-refractivity contribution in [2.75, 3.05) is 5.32 Å². The van der Waals surface area contributed by atoms with E-state index in [0.717, 1.165) is 11.3 Å². The molecule has 0 aliphatic heterocycles. The summed E-state index contributed by atoms with van der Waals surface area (Å²) < 4.78 is 5.29. The van der Waals surface area contributed by atoms with Crippen molar-refractivity contribution in [3.63, 3.8) is 0 Å². The van der Waals surface area contributed by atoms with Gasteiger partial charge in [-0.2, -0.15) is 0 Å². The van der Waals surface area contributed by atoms with Crippen LogP contribution in [0.25, 0.3) is 22.2 Å². The Balaban J connectivity index is 1.70. The first-order valence-electron chi connectivity index (χ1n) is 8.01. The minimum absolute atomic E-state index is 0.0673. The number of nitrogens with zero attached hydrogens (tertiary/aromatic N) is 2. The number of aromatic nitrogens is 1. The maximum absolute atomic E-state index is 12.3. The van der Waals surface area contributed by atoms with Crippen LogP contribution >= 0.6 is 11.3 Å². The highest BCUT2D eigenvalue weighted by Gasteiger charge is 2.14. The third-order valence-electron chi connectivity index (χ3n) is 4.01. The maximum Gasteiger partial charge on any atom is 0.345 e. The molecule has 0 fully saturated rings. The molecule has 2 aromatic heterocycles. The molecule has 0 atom stereocenters. The molecule has 0 aliphatic rings. The Kier molecular flexibility index (Phi) is 4.17. The summed E-state index contributed by atoms with van der Waals surface area (Å²) in [5.74, 6) is 0. The van der Waals surface area contributed by atoms with Gasteiger partial charge in [0.15, 0.2) is 5.13 Å². The van der Waals surface area contributed by atoms with Gasteiger partial charge in [-0.3, -0.25) is 10.1 Å². The van der Waals surface area contributed by atoms with Gasteiger partial charge in [-0.25, -0.2) is 9.78 Å². The van der Waals surface area contributed by atoms with Gasteiger partial charge in [-0.1, -0.05) is 17.7 Å². The molecular formula is C19H13N3O4S. The molecule has 4 rings (SSSR count). The normalized spacial score (nSPS) is 10.9. The Hall–Kier alpha value is -3.52. The predicted octanol–water partition coefficient (Wildman–Crippen LogP) is 4.88. The van der Waals surface area contributed by atoms with Gasteiger partial charge in [0.05, 0.1) is 16.2 Å². The van der Waals surface area contributed by atoms with E-state index in [2.05, 4.69) is 10.3 Å². The molecule has 1 N–H and O–H groups in total. The monoisotopic (exact) mass is 379 g/mol. The van der Waals surface area contributed by atoms with Gasteiger partial charge in [0.2, 0.25) is 0 Å². The van der Waals surface area contributed by atoms with Gasteiger partial charge in [-0.05, 0) is 31.2 Å². The average molecular weight is 379 g/mol. The number of benzene rings is 2. The lowest BCUT2D eigenvalue weighted by molar-refractivity contribution is -0.384. The average Bonchev–Trinajstić information content (AvgIpc) is 3.11. The molecule has 27 heavy (non-hydrogen) atoms. The number of thiazole rings is 1. The molecule has 0 unspecified atom stereocenters. The van der Waals surface area contributed by atoms with Gasteiger partial charge in [0.25, 0.3) is 5.69 Å². The Morgan fingerprint density at radius 3 is 2.67 bits per heavy atom. The molecule has 0 radical (unpaired) electrons. The fraction of sp³-hybridized carbons (Fsp3) is 0.0526. The van der Waals surface area contributed by atoms with E-state index in [4.69, 9.17) is 4.42 Å². The first-order chi connectivity index (χ1) is 13.0. The van der Waals surface area contributed by atoms with Crippen molar-refractivity contribution in [1.29, 1.82) is 0 Å². The highest BCUT2D eigenvalue weighted by molar-refractivity contribution is 7.14. The van der Waals surface area contributed by atoms with Crippen LogP contribution in [0.4, 0.5) is 16.5 Å². The third kappa shape index (κ3) is 3.42. The first-order valence-corrected chi connectivity index (χ1v) is 8.89. The largest absolute Gasteiger partial charge is 0.422 e. The number of nitro benzene ring substituents is 1. The number of nitro groups is 1. The van der Waals surface area contributed by atoms with E-state index in [0.29, 0.717) is 21.8 Å². The highest BCUT2D eigenvalue weighted by atomic mass is 32.1. The number of aryl methyl sites for hydroxylation is 1. The molecule has 0 saturated carbocycles. The van der Waals surface area contributed by atoms with Gasteiger partial charge in [0.1, 0.15) is 5.58 Å². The summed E-state index contributed by atoms with van der Waals surface area (Å²) in [5.41, 5.74) is 2.45. The molecule has 0 amide bonds. The van der Waals surface area contributed by atoms with Crippen LogP contribution in [-0.2, 0) is 0 Å². The zero-order chi connectivity index (χ0) is 19.0. The van der Waals surface area contributed by atoms with Crippen LogP contribution in [0.5, 0.6) is 0 Å². The second-order valence-electron chi connectivity index (χ2n) is 5.96. The number of rotatable bonds is 4. The van der Waals surface area contributed by atoms with E-state index < -0.39 is 10.5 Å². The van der Waals surface area contributed by atoms with Crippen molar-refractivity contribution in [2.24, 2.45) is 0 Å². The number of hydrogen-bond donors (Lipinski definition) is 1. The van der Waals surface area contributed by atoms with Crippen molar-refractivity contribution in [3.8, 4) is 11.3 Å². The first kappa shape index (κ1) is 16.9. The molecule has 2 heterocycles. The number of non-ortho nitro benzene ring substituents is 1. The van der Waals surface area contributed by atoms with Crippen LogP contribution < -0.4 is 10.9 Å². The summed E-state index contributed by atoms with van der Waals surface area (Å²) in [6, 6.07) is 13.5. The number of nitrogens with one attached hydrogen (secondary N) is 1. The molecule has 0 spiro atoms. The lowest BCUT2D eigenvalue weighted by Gasteiger charge is -2.02. The van der Waals surface area contributed by atoms with Crippen molar-refractivity contribution >= 4 is 38.8 Å². The van der Waals surface area contributed by atoms with Crippen molar-refractivity contribution in [3.05, 3.63) is 80.0 Å². The van der Waals surface area contributed by atoms with Gasteiger partial charge < -0.3 is 9.73 Å². The zero-order valence-corrected chi connectivity index (χ0v) is 14.9. The van der Waals surface area contributed by atoms with E-state index >= 15 is 0 Å². The summed E-state index contributed by atoms with van der Waals surface area (Å²) in [6.45, 7) is 2.01. The Labute approximate surface area is 157 Å². The number of fused-ring (bicyclic) bond motifs is 1. The van der Waals surface area contributed by atoms with Crippen LogP contribution in [0.3, 0.4) is 0 Å². The highest BCUT2D eigenvalue weighted by Crippen LogP contribution is 2.28. The summed E-state index contributed by atoms with van der Waals surface area (Å²) in [5, 5.41) is 17.0. The molecule has 0 aliphatic carbocycles. The smallest absolute Gasteiger partial charge is 0.345 e. The van der Waals surface area contributed by atoms with E-state index in [1.165, 1.54) is 29.5 Å². The van der Waals surface area contributed by atoms with E-state index in [9.17, 15) is 14.9 Å². The van der Waals surface area contributed by atoms with Crippen LogP contribution in [0.2, 0.25) is 0 Å². The molecule has 0 saturated heterocycles. The minimum atomic E-state index is -0.538. The SMILES string of the molecule is Cc1ccc(Nc2nc(-c3cc4cc([N+](=O)[O-])ccc4oc3=O)cs2)cc1. The predicted molar refractivity (Wildman–Crippen MR) is 105 cm³/mol. The molecule has 4 aromatic rings. The zero-order valence-electron chi connectivity index (χ0n) is 14.1. The third-order valence-corrected chi connectivity index (χ3v) is 4.77. The van der Waals surface area contributed by atoms with Crippen molar-refractivity contribution in [2.45, 2.75) is 6.92 Å². The Morgan fingerprint density at radius 2 is 1.93 bits per heavy atom. The molecular weight excluding hydrogens is 366 g/mol. The van der Waals surface area contributed by atoms with Crippen molar-refractivity contribution < 1.29 is 9.34 Å². The van der Waals surface area contributed by atoms with Gasteiger partial charge >= 0.3 is 5.63 Å². The van der Waals surface area contributed by atoms with E-state index in [1.807, 2.05) is 31.2 Å². The second kappa shape index (κ2) is 6.65. The Bertz CT molecular complexity index is 1210.